The zero-order chi connectivity index (χ0) is 20.3. The van der Waals surface area contributed by atoms with E-state index in [4.69, 9.17) is 22.1 Å². The number of carbonyl (C=O) groups is 1. The first-order chi connectivity index (χ1) is 13.2. The van der Waals surface area contributed by atoms with Crippen LogP contribution < -0.4 is 10.7 Å². The smallest absolute Gasteiger partial charge is 0.410 e. The second kappa shape index (κ2) is 8.14. The lowest BCUT2D eigenvalue weighted by atomic mass is 10.0. The maximum absolute atomic E-state index is 12.0. The number of halogens is 1. The number of fused-ring (bicyclic) bond motifs is 1. The van der Waals surface area contributed by atoms with Crippen molar-refractivity contribution in [2.45, 2.75) is 26.4 Å². The van der Waals surface area contributed by atoms with Crippen LogP contribution in [0.1, 0.15) is 26.3 Å². The highest BCUT2D eigenvalue weighted by Gasteiger charge is 2.34. The molecule has 0 unspecified atom stereocenters. The van der Waals surface area contributed by atoms with Gasteiger partial charge in [0.15, 0.2) is 6.21 Å². The molecule has 0 atom stereocenters. The lowest BCUT2D eigenvalue weighted by Crippen LogP contribution is -2.74. The van der Waals surface area contributed by atoms with Gasteiger partial charge in [-0.1, -0.05) is 11.6 Å². The first kappa shape index (κ1) is 20.1. The average Bonchev–Trinajstić information content (AvgIpc) is 2.57. The van der Waals surface area contributed by atoms with Crippen LogP contribution in [0.15, 0.2) is 30.6 Å². The first-order valence-corrected chi connectivity index (χ1v) is 9.52. The molecule has 3 N–H and O–H groups in total. The zero-order valence-corrected chi connectivity index (χ0v) is 17.0. The summed E-state index contributed by atoms with van der Waals surface area (Å²) >= 11 is 5.96. The Morgan fingerprint density at radius 3 is 2.82 bits per heavy atom. The van der Waals surface area contributed by atoms with Crippen molar-refractivity contribution in [3.8, 4) is 0 Å². The van der Waals surface area contributed by atoms with E-state index in [2.05, 4.69) is 15.0 Å². The maximum Gasteiger partial charge on any atom is 0.410 e. The Balaban J connectivity index is 1.56. The minimum Gasteiger partial charge on any atom is -0.444 e. The van der Waals surface area contributed by atoms with E-state index in [1.165, 1.54) is 6.20 Å². The van der Waals surface area contributed by atoms with Gasteiger partial charge in [-0.2, -0.15) is 0 Å². The van der Waals surface area contributed by atoms with Crippen molar-refractivity contribution in [2.24, 2.45) is 11.7 Å². The number of amides is 1. The molecule has 0 aromatic carbocycles. The highest BCUT2D eigenvalue weighted by atomic mass is 35.5. The Labute approximate surface area is 169 Å². The molecule has 1 amide bonds. The predicted molar refractivity (Wildman–Crippen MR) is 110 cm³/mol. The number of carbonyl (C=O) groups excluding carboxylic acids is 1. The molecule has 0 bridgehead atoms. The molecule has 3 heterocycles. The summed E-state index contributed by atoms with van der Waals surface area (Å²) in [5.74, 6) is 0.373. The number of hydrogen-bond acceptors (Lipinski definition) is 5. The largest absolute Gasteiger partial charge is 0.444 e. The fraction of sp³-hybridized carbons (Fsp3) is 0.400. The first-order valence-electron chi connectivity index (χ1n) is 9.14. The van der Waals surface area contributed by atoms with Crippen LogP contribution in [-0.4, -0.2) is 52.4 Å². The lowest BCUT2D eigenvalue weighted by Gasteiger charge is -2.37. The van der Waals surface area contributed by atoms with Crippen molar-refractivity contribution in [1.29, 1.82) is 0 Å². The van der Waals surface area contributed by atoms with E-state index in [1.54, 1.807) is 17.2 Å². The van der Waals surface area contributed by atoms with E-state index in [9.17, 15) is 4.79 Å². The number of nitrogens with zero attached hydrogens (tertiary/aromatic N) is 3. The zero-order valence-electron chi connectivity index (χ0n) is 16.3. The molecule has 2 aromatic heterocycles. The van der Waals surface area contributed by atoms with Gasteiger partial charge in [0.1, 0.15) is 17.3 Å². The van der Waals surface area contributed by atoms with E-state index in [0.717, 1.165) is 23.2 Å². The molecular weight excluding hydrogens is 378 g/mol. The maximum atomic E-state index is 12.0. The average molecular weight is 403 g/mol. The third kappa shape index (κ3) is 4.98. The molecule has 0 saturated carbocycles. The molecule has 148 valence electrons. The van der Waals surface area contributed by atoms with Crippen LogP contribution in [0.4, 0.5) is 4.79 Å². The second-order valence-electron chi connectivity index (χ2n) is 7.82. The van der Waals surface area contributed by atoms with E-state index in [1.807, 2.05) is 39.1 Å². The van der Waals surface area contributed by atoms with Crippen molar-refractivity contribution in [3.63, 3.8) is 0 Å². The molecule has 1 fully saturated rings. The summed E-state index contributed by atoms with van der Waals surface area (Å²) in [6.07, 6.45) is 4.86. The molecule has 1 aliphatic rings. The Bertz CT molecular complexity index is 930. The van der Waals surface area contributed by atoms with E-state index in [0.29, 0.717) is 29.7 Å². The van der Waals surface area contributed by atoms with Crippen LogP contribution in [0.3, 0.4) is 0 Å². The normalized spacial score (nSPS) is 15.9. The summed E-state index contributed by atoms with van der Waals surface area (Å²) in [5, 5.41) is 0.423. The molecule has 3 rings (SSSR count). The van der Waals surface area contributed by atoms with E-state index >= 15 is 0 Å². The van der Waals surface area contributed by atoms with Crippen LogP contribution in [0, 0.1) is 5.92 Å². The van der Waals surface area contributed by atoms with Crippen molar-refractivity contribution in [3.05, 3.63) is 41.3 Å². The van der Waals surface area contributed by atoms with Gasteiger partial charge in [-0.15, -0.1) is 0 Å². The Morgan fingerprint density at radius 2 is 2.14 bits per heavy atom. The molecular formula is C20H25ClN5O2+. The number of nitrogens with two attached hydrogens (primary N) is 1. The Kier molecular flexibility index (Phi) is 5.84. The number of likely N-dealkylation sites (tertiary alicyclic amines) is 1. The Hall–Kier alpha value is -2.67. The number of pyridine rings is 2. The van der Waals surface area contributed by atoms with Gasteiger partial charge < -0.3 is 15.4 Å². The molecule has 2 aromatic rings. The van der Waals surface area contributed by atoms with E-state index in [-0.39, 0.29) is 6.09 Å². The van der Waals surface area contributed by atoms with Gasteiger partial charge in [0.2, 0.25) is 0 Å². The number of nitrogens with one attached hydrogen (secondary N) is 1. The van der Waals surface area contributed by atoms with Gasteiger partial charge in [0, 0.05) is 31.0 Å². The molecule has 0 spiro atoms. The van der Waals surface area contributed by atoms with Gasteiger partial charge in [-0.3, -0.25) is 4.98 Å². The molecule has 1 aliphatic heterocycles. The minimum atomic E-state index is -0.470. The molecule has 7 nitrogen and oxygen atoms in total. The predicted octanol–water partition coefficient (Wildman–Crippen LogP) is 1.60. The van der Waals surface area contributed by atoms with Crippen LogP contribution in [0.25, 0.3) is 16.6 Å². The quantitative estimate of drug-likeness (QED) is 0.598. The fourth-order valence-electron chi connectivity index (χ4n) is 2.88. The van der Waals surface area contributed by atoms with Crippen LogP contribution in [0.5, 0.6) is 0 Å². The van der Waals surface area contributed by atoms with Crippen molar-refractivity contribution in [1.82, 2.24) is 14.9 Å². The summed E-state index contributed by atoms with van der Waals surface area (Å²) in [6, 6.07) is 5.44. The molecule has 28 heavy (non-hydrogen) atoms. The van der Waals surface area contributed by atoms with Gasteiger partial charge >= 0.3 is 6.09 Å². The molecule has 1 saturated heterocycles. The summed E-state index contributed by atoms with van der Waals surface area (Å²) in [4.78, 5) is 25.6. The van der Waals surface area contributed by atoms with Crippen LogP contribution >= 0.6 is 11.6 Å². The summed E-state index contributed by atoms with van der Waals surface area (Å²) < 4.78 is 5.36. The number of rotatable bonds is 4. The highest BCUT2D eigenvalue weighted by molar-refractivity contribution is 6.29. The summed E-state index contributed by atoms with van der Waals surface area (Å²) in [5.41, 5.74) is 8.45. The number of hydrogen-bond donors (Lipinski definition) is 2. The summed E-state index contributed by atoms with van der Waals surface area (Å²) in [7, 11) is 0. The van der Waals surface area contributed by atoms with Gasteiger partial charge in [0.05, 0.1) is 22.5 Å². The third-order valence-corrected chi connectivity index (χ3v) is 4.50. The number of allylic oxidation sites excluding steroid dienone is 1. The van der Waals surface area contributed by atoms with Crippen molar-refractivity contribution < 1.29 is 14.5 Å². The van der Waals surface area contributed by atoms with Crippen molar-refractivity contribution >= 4 is 40.5 Å². The molecule has 0 aliphatic carbocycles. The fourth-order valence-corrected chi connectivity index (χ4v) is 3.03. The van der Waals surface area contributed by atoms with E-state index < -0.39 is 5.60 Å². The van der Waals surface area contributed by atoms with Gasteiger partial charge in [0.25, 0.3) is 0 Å². The van der Waals surface area contributed by atoms with Gasteiger partial charge in [-0.05, 0) is 39.0 Å². The van der Waals surface area contributed by atoms with Crippen molar-refractivity contribution in [2.75, 3.05) is 19.6 Å². The molecule has 0 radical (unpaired) electrons. The van der Waals surface area contributed by atoms with Crippen LogP contribution in [0.2, 0.25) is 5.15 Å². The standard InChI is InChI=1S/C20H24ClN5O2/c1-20(2,3)28-19(27)26-11-13(12-26)8-23-9-15(7-22)14-6-17-16(24-10-14)4-5-18(21)25-17/h4-7,9-10,13H,8,11-12,22H2,1-3H3/p+1. The Morgan fingerprint density at radius 1 is 1.39 bits per heavy atom. The lowest BCUT2D eigenvalue weighted by molar-refractivity contribution is -0.463. The van der Waals surface area contributed by atoms with Gasteiger partial charge in [-0.25, -0.2) is 14.8 Å². The SMILES string of the molecule is CC(C)(C)OC(=O)N1CC(C[NH+]=CC(=CN)c2cnc3ccc(Cl)nc3c2)C1. The topological polar surface area (TPSA) is 95.3 Å². The number of aromatic nitrogens is 2. The number of ether oxygens (including phenoxy) is 1. The monoisotopic (exact) mass is 402 g/mol. The third-order valence-electron chi connectivity index (χ3n) is 4.29. The highest BCUT2D eigenvalue weighted by Crippen LogP contribution is 2.19. The van der Waals surface area contributed by atoms with Crippen LogP contribution in [-0.2, 0) is 4.74 Å². The second-order valence-corrected chi connectivity index (χ2v) is 8.21. The minimum absolute atomic E-state index is 0.260. The molecule has 8 heteroatoms. The summed E-state index contributed by atoms with van der Waals surface area (Å²) in [6.45, 7) is 7.69.